The number of rotatable bonds is 8. The minimum atomic E-state index is -0.747. The Hall–Kier alpha value is -0.710. The number of hydrogen-bond donors (Lipinski definition) is 1. The smallest absolute Gasteiger partial charge is 0.248 e. The summed E-state index contributed by atoms with van der Waals surface area (Å²) in [5, 5.41) is 2.98. The molecule has 0 aromatic rings. The van der Waals surface area contributed by atoms with Crippen molar-refractivity contribution in [3.63, 3.8) is 0 Å². The molecular formula is C16H30N2O2S. The van der Waals surface area contributed by atoms with Crippen molar-refractivity contribution in [3.8, 4) is 0 Å². The number of piperazine rings is 1. The summed E-state index contributed by atoms with van der Waals surface area (Å²) in [6.07, 6.45) is 2.91. The molecule has 2 amide bonds. The van der Waals surface area contributed by atoms with Gasteiger partial charge >= 0.3 is 0 Å². The molecule has 0 aromatic carbocycles. The molecule has 122 valence electrons. The van der Waals surface area contributed by atoms with E-state index in [1.165, 1.54) is 0 Å². The molecule has 0 saturated carbocycles. The highest BCUT2D eigenvalue weighted by Gasteiger charge is 2.54. The van der Waals surface area contributed by atoms with Gasteiger partial charge in [-0.3, -0.25) is 9.59 Å². The van der Waals surface area contributed by atoms with E-state index in [2.05, 4.69) is 12.2 Å². The number of nitrogens with zero attached hydrogens (tertiary/aromatic N) is 1. The Balaban J connectivity index is 3.01. The molecule has 1 N–H and O–H groups in total. The van der Waals surface area contributed by atoms with Gasteiger partial charge in [-0.05, 0) is 44.1 Å². The number of hydrogen-bond acceptors (Lipinski definition) is 3. The molecule has 1 rings (SSSR count). The second kappa shape index (κ2) is 7.52. The maximum Gasteiger partial charge on any atom is 0.248 e. The van der Waals surface area contributed by atoms with E-state index in [0.29, 0.717) is 25.8 Å². The van der Waals surface area contributed by atoms with Crippen LogP contribution in [0.1, 0.15) is 60.3 Å². The second-order valence-electron chi connectivity index (χ2n) is 5.89. The topological polar surface area (TPSA) is 49.4 Å². The van der Waals surface area contributed by atoms with Gasteiger partial charge in [0.05, 0.1) is 0 Å². The lowest BCUT2D eigenvalue weighted by atomic mass is 9.81. The van der Waals surface area contributed by atoms with Crippen LogP contribution in [-0.4, -0.2) is 45.8 Å². The van der Waals surface area contributed by atoms with Crippen LogP contribution in [0.15, 0.2) is 0 Å². The van der Waals surface area contributed by atoms with Crippen LogP contribution in [0, 0.1) is 0 Å². The van der Waals surface area contributed by atoms with E-state index in [-0.39, 0.29) is 11.8 Å². The van der Waals surface area contributed by atoms with Crippen molar-refractivity contribution < 1.29 is 9.59 Å². The van der Waals surface area contributed by atoms with Gasteiger partial charge in [-0.25, -0.2) is 0 Å². The first kappa shape index (κ1) is 18.3. The fourth-order valence-corrected chi connectivity index (χ4v) is 3.63. The van der Waals surface area contributed by atoms with Crippen LogP contribution in [-0.2, 0) is 9.59 Å². The standard InChI is InChI=1S/C16H30N2O2S/c1-6-15(5)14(20)18(11-10-12-21-9-4)16(7-2,8-3)13(19)17-15/h6-12H2,1-5H3,(H,17,19). The molecule has 1 aliphatic rings. The lowest BCUT2D eigenvalue weighted by molar-refractivity contribution is -0.163. The Morgan fingerprint density at radius 2 is 1.71 bits per heavy atom. The maximum absolute atomic E-state index is 12.9. The molecule has 4 nitrogen and oxygen atoms in total. The van der Waals surface area contributed by atoms with Crippen molar-refractivity contribution in [2.45, 2.75) is 71.4 Å². The summed E-state index contributed by atoms with van der Waals surface area (Å²) in [4.78, 5) is 27.5. The normalized spacial score (nSPS) is 25.1. The van der Waals surface area contributed by atoms with Crippen LogP contribution in [0.25, 0.3) is 0 Å². The molecule has 21 heavy (non-hydrogen) atoms. The van der Waals surface area contributed by atoms with E-state index < -0.39 is 11.1 Å². The summed E-state index contributed by atoms with van der Waals surface area (Å²) in [5.41, 5.74) is -1.41. The molecule has 0 aromatic heterocycles. The van der Waals surface area contributed by atoms with E-state index in [9.17, 15) is 9.59 Å². The van der Waals surface area contributed by atoms with Crippen molar-refractivity contribution in [2.75, 3.05) is 18.1 Å². The zero-order valence-electron chi connectivity index (χ0n) is 14.1. The summed E-state index contributed by atoms with van der Waals surface area (Å²) in [7, 11) is 0. The van der Waals surface area contributed by atoms with Gasteiger partial charge in [0.1, 0.15) is 11.1 Å². The van der Waals surface area contributed by atoms with Crippen molar-refractivity contribution in [1.29, 1.82) is 0 Å². The third kappa shape index (κ3) is 3.38. The summed E-state index contributed by atoms with van der Waals surface area (Å²) < 4.78 is 0. The van der Waals surface area contributed by atoms with Gasteiger partial charge in [0, 0.05) is 6.54 Å². The van der Waals surface area contributed by atoms with Gasteiger partial charge in [-0.1, -0.05) is 27.7 Å². The third-order valence-corrected chi connectivity index (χ3v) is 5.78. The first-order chi connectivity index (χ1) is 9.91. The molecule has 1 heterocycles. The Morgan fingerprint density at radius 1 is 1.10 bits per heavy atom. The first-order valence-electron chi connectivity index (χ1n) is 8.14. The Bertz CT molecular complexity index is 382. The molecule has 1 atom stereocenters. The van der Waals surface area contributed by atoms with Crippen LogP contribution >= 0.6 is 11.8 Å². The predicted octanol–water partition coefficient (Wildman–Crippen LogP) is 2.82. The monoisotopic (exact) mass is 314 g/mol. The van der Waals surface area contributed by atoms with Crippen LogP contribution in [0.2, 0.25) is 0 Å². The molecule has 1 aliphatic heterocycles. The highest BCUT2D eigenvalue weighted by atomic mass is 32.2. The lowest BCUT2D eigenvalue weighted by Crippen LogP contribution is -2.74. The van der Waals surface area contributed by atoms with Crippen LogP contribution in [0.4, 0.5) is 0 Å². The van der Waals surface area contributed by atoms with Crippen molar-refractivity contribution in [3.05, 3.63) is 0 Å². The Kier molecular flexibility index (Phi) is 6.57. The average Bonchev–Trinajstić information content (AvgIpc) is 2.49. The summed E-state index contributed by atoms with van der Waals surface area (Å²) >= 11 is 1.88. The van der Waals surface area contributed by atoms with Gasteiger partial charge in [-0.2, -0.15) is 11.8 Å². The highest BCUT2D eigenvalue weighted by Crippen LogP contribution is 2.33. The minimum absolute atomic E-state index is 0.0135. The minimum Gasteiger partial charge on any atom is -0.340 e. The highest BCUT2D eigenvalue weighted by molar-refractivity contribution is 7.99. The number of carbonyl (C=O) groups is 2. The van der Waals surface area contributed by atoms with Gasteiger partial charge in [0.2, 0.25) is 11.8 Å². The quantitative estimate of drug-likeness (QED) is 0.701. The molecule has 5 heteroatoms. The van der Waals surface area contributed by atoms with E-state index in [4.69, 9.17) is 0 Å². The molecule has 1 fully saturated rings. The Morgan fingerprint density at radius 3 is 2.19 bits per heavy atom. The number of carbonyl (C=O) groups excluding carboxylic acids is 2. The first-order valence-corrected chi connectivity index (χ1v) is 9.29. The summed E-state index contributed by atoms with van der Waals surface area (Å²) in [6.45, 7) is 10.6. The molecule has 0 bridgehead atoms. The van der Waals surface area contributed by atoms with Crippen LogP contribution in [0.5, 0.6) is 0 Å². The molecule has 1 saturated heterocycles. The zero-order valence-corrected chi connectivity index (χ0v) is 14.9. The number of amides is 2. The largest absolute Gasteiger partial charge is 0.340 e. The van der Waals surface area contributed by atoms with Crippen molar-refractivity contribution in [2.24, 2.45) is 0 Å². The lowest BCUT2D eigenvalue weighted by Gasteiger charge is -2.51. The SMILES string of the molecule is CCSCCCN1C(=O)C(C)(CC)NC(=O)C1(CC)CC. The number of nitrogens with one attached hydrogen (secondary N) is 1. The van der Waals surface area contributed by atoms with Gasteiger partial charge in [-0.15, -0.1) is 0 Å². The van der Waals surface area contributed by atoms with Gasteiger partial charge in [0.25, 0.3) is 0 Å². The van der Waals surface area contributed by atoms with Gasteiger partial charge < -0.3 is 10.2 Å². The fourth-order valence-electron chi connectivity index (χ4n) is 3.01. The zero-order chi connectivity index (χ0) is 16.1. The second-order valence-corrected chi connectivity index (χ2v) is 7.28. The van der Waals surface area contributed by atoms with Crippen molar-refractivity contribution in [1.82, 2.24) is 10.2 Å². The summed E-state index contributed by atoms with van der Waals surface area (Å²) in [6, 6.07) is 0. The molecule has 0 aliphatic carbocycles. The molecular weight excluding hydrogens is 284 g/mol. The van der Waals surface area contributed by atoms with E-state index in [1.54, 1.807) is 0 Å². The average molecular weight is 314 g/mol. The number of thioether (sulfide) groups is 1. The Labute approximate surface area is 133 Å². The summed E-state index contributed by atoms with van der Waals surface area (Å²) in [5.74, 6) is 2.22. The van der Waals surface area contributed by atoms with Crippen LogP contribution in [0.3, 0.4) is 0 Å². The van der Waals surface area contributed by atoms with Gasteiger partial charge in [0.15, 0.2) is 0 Å². The molecule has 0 radical (unpaired) electrons. The predicted molar refractivity (Wildman–Crippen MR) is 89.5 cm³/mol. The van der Waals surface area contributed by atoms with Crippen molar-refractivity contribution >= 4 is 23.6 Å². The van der Waals surface area contributed by atoms with E-state index >= 15 is 0 Å². The maximum atomic E-state index is 12.9. The van der Waals surface area contributed by atoms with E-state index in [0.717, 1.165) is 17.9 Å². The van der Waals surface area contributed by atoms with Crippen LogP contribution < -0.4 is 5.32 Å². The molecule has 1 unspecified atom stereocenters. The molecule has 0 spiro atoms. The van der Waals surface area contributed by atoms with E-state index in [1.807, 2.05) is 44.4 Å². The fraction of sp³-hybridized carbons (Fsp3) is 0.875. The third-order valence-electron chi connectivity index (χ3n) is 4.80.